The average molecular weight is 1580 g/mol. The van der Waals surface area contributed by atoms with Crippen molar-refractivity contribution in [1.29, 1.82) is 0 Å². The molecule has 29 heteroatoms. The predicted molar refractivity (Wildman–Crippen MR) is 420 cm³/mol. The predicted octanol–water partition coefficient (Wildman–Crippen LogP) is 7.16. The van der Waals surface area contributed by atoms with E-state index in [1.54, 1.807) is 62.3 Å². The maximum absolute atomic E-state index is 15.2. The van der Waals surface area contributed by atoms with Gasteiger partial charge in [0.05, 0.1) is 42.0 Å². The van der Waals surface area contributed by atoms with E-state index in [9.17, 15) is 62.3 Å². The Morgan fingerprint density at radius 1 is 0.623 bits per heavy atom. The van der Waals surface area contributed by atoms with E-state index in [1.165, 1.54) is 89.8 Å². The highest BCUT2D eigenvalue weighted by Gasteiger charge is 2.59. The van der Waals surface area contributed by atoms with Crippen molar-refractivity contribution in [2.75, 3.05) is 47.0 Å². The van der Waals surface area contributed by atoms with Gasteiger partial charge >= 0.3 is 17.9 Å². The molecular formula is C85H118N10O19. The van der Waals surface area contributed by atoms with Crippen LogP contribution in [0.2, 0.25) is 0 Å². The number of cyclic esters (lactones) is 2. The van der Waals surface area contributed by atoms with Crippen molar-refractivity contribution in [1.82, 2.24) is 45.9 Å². The summed E-state index contributed by atoms with van der Waals surface area (Å²) in [7, 11) is 5.66. The van der Waals surface area contributed by atoms with Crippen LogP contribution in [0.4, 0.5) is 5.69 Å². The Morgan fingerprint density at radius 2 is 1.10 bits per heavy atom. The van der Waals surface area contributed by atoms with E-state index >= 15 is 9.59 Å². The molecular weight excluding hydrogens is 1460 g/mol. The number of ether oxygens (including phenoxy) is 3. The summed E-state index contributed by atoms with van der Waals surface area (Å²) in [5.41, 5.74) is 5.40. The van der Waals surface area contributed by atoms with Gasteiger partial charge in [-0.25, -0.2) is 14.6 Å². The van der Waals surface area contributed by atoms with Crippen LogP contribution in [0.5, 0.6) is 0 Å². The van der Waals surface area contributed by atoms with Crippen LogP contribution in [0.3, 0.4) is 0 Å². The molecule has 0 spiro atoms. The Hall–Kier alpha value is -9.44. The smallest absolute Gasteiger partial charge is 0.329 e. The molecule has 29 nitrogen and oxygen atoms in total. The maximum atomic E-state index is 15.2. The van der Waals surface area contributed by atoms with Crippen LogP contribution in [-0.4, -0.2) is 203 Å². The summed E-state index contributed by atoms with van der Waals surface area (Å²) in [6.07, 6.45) is 10.2. The zero-order valence-corrected chi connectivity index (χ0v) is 69.7. The number of carbonyl (C=O) groups is 14. The average Bonchev–Trinajstić information content (AvgIpc) is 1.13. The van der Waals surface area contributed by atoms with Crippen molar-refractivity contribution < 1.29 is 85.8 Å². The second kappa shape index (κ2) is 34.6. The van der Waals surface area contributed by atoms with E-state index in [1.807, 2.05) is 0 Å². The normalized spacial score (nSPS) is 31.9. The number of ketones is 3. The number of fused-ring (bicyclic) bond motifs is 9. The number of aryl methyl sites for hydroxylation is 1. The molecule has 0 radical (unpaired) electrons. The van der Waals surface area contributed by atoms with Gasteiger partial charge in [0.2, 0.25) is 40.9 Å². The summed E-state index contributed by atoms with van der Waals surface area (Å²) in [5, 5.41) is 10.8. The summed E-state index contributed by atoms with van der Waals surface area (Å²) < 4.78 is 23.8. The number of hydrogen-bond acceptors (Lipinski definition) is 21. The lowest BCUT2D eigenvalue weighted by Crippen LogP contribution is -2.59. The molecule has 8 amide bonds. The molecule has 3 aliphatic heterocycles. The fraction of sp³-hybridized carbons (Fsp3) is 0.671. The first-order valence-corrected chi connectivity index (χ1v) is 40.7. The van der Waals surface area contributed by atoms with Gasteiger partial charge in [-0.3, -0.25) is 62.3 Å². The van der Waals surface area contributed by atoms with Crippen molar-refractivity contribution in [2.24, 2.45) is 75.9 Å². The van der Waals surface area contributed by atoms with Crippen molar-refractivity contribution in [3.63, 3.8) is 0 Å². The van der Waals surface area contributed by atoms with Gasteiger partial charge in [0.1, 0.15) is 59.5 Å². The SMILES string of the molecule is CC(=O)OC1CCC2(C)C(=CCC3C4CCC(=O)C4(C)CCC32)C1.Cc1c2oc3c(C)ccc(C(=O)NC4C(=O)NC(C(C)C)C(=O)C5CCCC5C(=O)N(C)CC(=O)N(C)C(C(C)C)C(=O)OC4C)c3nc-2c(C(=O)NC2C(=O)NC(C(C)C)C(=O)C3CCCC3C(=O)N(C)CC(=O)N(C)C(C(C)C)C(=O)OC2C)c(N)c1=O. The van der Waals surface area contributed by atoms with E-state index in [0.29, 0.717) is 67.6 Å². The number of hydrogen-bond donors (Lipinski definition) is 5. The van der Waals surface area contributed by atoms with Gasteiger partial charge in [0.15, 0.2) is 22.9 Å². The number of nitrogens with one attached hydrogen (secondary N) is 4. The minimum Gasteiger partial charge on any atom is -0.462 e. The van der Waals surface area contributed by atoms with Gasteiger partial charge in [-0.1, -0.05) is 99.8 Å². The molecule has 1 aromatic rings. The Morgan fingerprint density at radius 3 is 1.58 bits per heavy atom. The highest BCUT2D eigenvalue weighted by molar-refractivity contribution is 6.11. The first-order valence-electron chi connectivity index (χ1n) is 40.7. The number of nitrogen functional groups attached to an aromatic ring is 1. The molecule has 3 heterocycles. The Labute approximate surface area is 666 Å². The Balaban J connectivity index is 0.000000481. The second-order valence-corrected chi connectivity index (χ2v) is 35.4. The number of nitrogens with zero attached hydrogens (tertiary/aromatic N) is 5. The lowest BCUT2D eigenvalue weighted by molar-refractivity contribution is -0.163. The van der Waals surface area contributed by atoms with Crippen LogP contribution in [-0.2, 0) is 71.7 Å². The fourth-order valence-electron chi connectivity index (χ4n) is 19.9. The zero-order chi connectivity index (χ0) is 84.1. The zero-order valence-electron chi connectivity index (χ0n) is 69.7. The van der Waals surface area contributed by atoms with Crippen LogP contribution in [0.25, 0.3) is 22.6 Å². The number of esters is 3. The molecule has 5 saturated carbocycles. The number of Topliss-reactive ketones (excluding diaryl/α,β-unsaturated/α-hetero) is 3. The summed E-state index contributed by atoms with van der Waals surface area (Å²) >= 11 is 0. The summed E-state index contributed by atoms with van der Waals surface area (Å²) in [6.45, 7) is 24.5. The monoisotopic (exact) mass is 1580 g/mol. The Kier molecular flexibility index (Phi) is 26.4. The van der Waals surface area contributed by atoms with E-state index in [-0.39, 0.29) is 56.6 Å². The van der Waals surface area contributed by atoms with Crippen molar-refractivity contribution >= 4 is 99.3 Å². The van der Waals surface area contributed by atoms with E-state index in [4.69, 9.17) is 29.3 Å². The minimum atomic E-state index is -1.86. The fourth-order valence-corrected chi connectivity index (χ4v) is 19.9. The number of nitrogens with two attached hydrogens (primary N) is 1. The third-order valence-corrected chi connectivity index (χ3v) is 26.5. The molecule has 18 atom stereocenters. The van der Waals surface area contributed by atoms with Crippen molar-refractivity contribution in [2.45, 2.75) is 248 Å². The van der Waals surface area contributed by atoms with Gasteiger partial charge in [-0.15, -0.1) is 0 Å². The van der Waals surface area contributed by atoms with E-state index < -0.39 is 196 Å². The summed E-state index contributed by atoms with van der Waals surface area (Å²) in [5.74, 6) is -12.6. The molecule has 622 valence electrons. The number of likely N-dealkylation sites (N-methyl/N-ethyl adjacent to an activating group) is 4. The van der Waals surface area contributed by atoms with Crippen LogP contribution in [0.1, 0.15) is 212 Å². The molecule has 7 aliphatic carbocycles. The molecule has 10 aliphatic rings. The molecule has 6 N–H and O–H groups in total. The maximum Gasteiger partial charge on any atom is 0.329 e. The number of carbonyl (C=O) groups excluding carboxylic acids is 14. The van der Waals surface area contributed by atoms with Crippen molar-refractivity contribution in [3.05, 3.63) is 56.3 Å². The highest BCUT2D eigenvalue weighted by Crippen LogP contribution is 2.64. The lowest BCUT2D eigenvalue weighted by atomic mass is 9.48. The summed E-state index contributed by atoms with van der Waals surface area (Å²) in [4.78, 5) is 221. The molecule has 2 saturated heterocycles. The molecule has 114 heavy (non-hydrogen) atoms. The van der Waals surface area contributed by atoms with Crippen molar-refractivity contribution in [3.8, 4) is 11.5 Å². The molecule has 1 aromatic carbocycles. The van der Waals surface area contributed by atoms with Crippen LogP contribution >= 0.6 is 0 Å². The largest absolute Gasteiger partial charge is 0.462 e. The molecule has 7 fully saturated rings. The topological polar surface area (TPSA) is 397 Å². The second-order valence-electron chi connectivity index (χ2n) is 35.4. The first kappa shape index (κ1) is 87.0. The quantitative estimate of drug-likeness (QED) is 0.0466. The number of anilines is 1. The minimum absolute atomic E-state index is 0.0438. The van der Waals surface area contributed by atoms with Crippen LogP contribution < -0.4 is 32.4 Å². The standard InChI is InChI=1S/C64H88N10O16.C21H30O3/c1-27(2)44-53(78)35-19-17-21-37(35)61(84)71(13)25-40(75)73(15)50(29(5)6)63(86)88-33(11)46(59(82)67-44)69-57(80)39-24-23-31(9)55-48(39)66-49-42(43(65)52(77)32(10)56(49)90-55)58(81)70-47-34(12)89-64(87)51(30(7)8)74(16)41(76)26-72(14)62(85)38-22-18-20-36(38)54(79)45(28(3)4)68-60(47)83;1-13(22)24-15-8-10-20(2)14(12-15)4-5-16-17-6-7-19(23)21(17,3)11-9-18(16)20/h23-24,27-30,33-38,44-47,50-51H,17-22,25-26,65H2,1-16H3,(H,67,82)(H,68,83)(H,69,80)(H,70,81);4,15-18H,5-12H2,1-3H3. The molecule has 11 rings (SSSR count). The number of benzene rings is 2. The number of aromatic nitrogens is 1. The molecule has 0 aromatic heterocycles. The van der Waals surface area contributed by atoms with Gasteiger partial charge in [-0.05, 0) is 150 Å². The summed E-state index contributed by atoms with van der Waals surface area (Å²) in [6, 6.07) is -5.71. The van der Waals surface area contributed by atoms with Crippen LogP contribution in [0, 0.1) is 89.8 Å². The van der Waals surface area contributed by atoms with Gasteiger partial charge in [-0.2, -0.15) is 0 Å². The molecule has 0 bridgehead atoms. The van der Waals surface area contributed by atoms with Gasteiger partial charge in [0, 0.05) is 82.6 Å². The van der Waals surface area contributed by atoms with E-state index in [2.05, 4.69) is 41.2 Å². The third-order valence-electron chi connectivity index (χ3n) is 26.5. The Bertz CT molecular complexity index is 4410. The van der Waals surface area contributed by atoms with Crippen LogP contribution in [0.15, 0.2) is 33.0 Å². The van der Waals surface area contributed by atoms with Gasteiger partial charge in [0.25, 0.3) is 11.8 Å². The lowest BCUT2D eigenvalue weighted by Gasteiger charge is -2.56. The third kappa shape index (κ3) is 17.0. The first-order chi connectivity index (χ1) is 53.4. The van der Waals surface area contributed by atoms with E-state index in [0.717, 1.165) is 54.7 Å². The van der Waals surface area contributed by atoms with Gasteiger partial charge < -0.3 is 65.2 Å². The molecule has 18 unspecified atom stereocenters. The number of allylic oxidation sites excluding steroid dienone is 1. The number of amides is 8. The number of rotatable bonds is 9. The highest BCUT2D eigenvalue weighted by atomic mass is 16.6.